The van der Waals surface area contributed by atoms with Crippen LogP contribution in [0.3, 0.4) is 0 Å². The van der Waals surface area contributed by atoms with Crippen molar-refractivity contribution in [3.05, 3.63) is 76.3 Å². The summed E-state index contributed by atoms with van der Waals surface area (Å²) in [4.78, 5) is 11.9. The maximum atomic E-state index is 11.9. The Morgan fingerprint density at radius 1 is 0.706 bits per heavy atom. The molecule has 7 heteroatoms. The Kier molecular flexibility index (Phi) is 8.24. The Morgan fingerprint density at radius 2 is 1.26 bits per heavy atom. The summed E-state index contributed by atoms with van der Waals surface area (Å²) in [6.07, 6.45) is 0.609. The van der Waals surface area contributed by atoms with E-state index < -0.39 is 5.97 Å². The summed E-state index contributed by atoms with van der Waals surface area (Å²) in [7, 11) is 7.71. The van der Waals surface area contributed by atoms with Crippen LogP contribution in [0.1, 0.15) is 32.6 Å². The number of benzene rings is 3. The third kappa shape index (κ3) is 5.03. The monoisotopic (exact) mass is 466 g/mol. The number of hydrogen-bond acceptors (Lipinski definition) is 7. The molecule has 3 aromatic carbocycles. The Balaban J connectivity index is 1.83. The van der Waals surface area contributed by atoms with Crippen LogP contribution in [0.5, 0.6) is 28.7 Å². The van der Waals surface area contributed by atoms with Crippen LogP contribution in [0.15, 0.2) is 48.5 Å². The van der Waals surface area contributed by atoms with E-state index >= 15 is 0 Å². The molecule has 3 rings (SSSR count). The van der Waals surface area contributed by atoms with Crippen molar-refractivity contribution in [2.45, 2.75) is 20.0 Å². The van der Waals surface area contributed by atoms with Crippen molar-refractivity contribution in [3.63, 3.8) is 0 Å². The van der Waals surface area contributed by atoms with Gasteiger partial charge < -0.3 is 28.4 Å². The highest BCUT2D eigenvalue weighted by Gasteiger charge is 2.25. The molecule has 0 amide bonds. The zero-order chi connectivity index (χ0) is 24.7. The molecular weight excluding hydrogens is 436 g/mol. The highest BCUT2D eigenvalue weighted by molar-refractivity contribution is 5.92. The third-order valence-electron chi connectivity index (χ3n) is 5.59. The lowest BCUT2D eigenvalue weighted by molar-refractivity contribution is 0.0595. The van der Waals surface area contributed by atoms with Crippen molar-refractivity contribution in [1.29, 1.82) is 0 Å². The van der Waals surface area contributed by atoms with Gasteiger partial charge in [0.1, 0.15) is 17.9 Å². The minimum absolute atomic E-state index is 0.320. The lowest BCUT2D eigenvalue weighted by Crippen LogP contribution is -2.06. The minimum atomic E-state index is -0.430. The summed E-state index contributed by atoms with van der Waals surface area (Å²) < 4.78 is 33.1. The maximum absolute atomic E-state index is 11.9. The fraction of sp³-hybridized carbons (Fsp3) is 0.296. The Hall–Kier alpha value is -3.87. The zero-order valence-electron chi connectivity index (χ0n) is 20.4. The molecule has 180 valence electrons. The van der Waals surface area contributed by atoms with E-state index in [-0.39, 0.29) is 0 Å². The van der Waals surface area contributed by atoms with E-state index in [0.29, 0.717) is 47.3 Å². The average Bonchev–Trinajstić information content (AvgIpc) is 2.88. The van der Waals surface area contributed by atoms with E-state index in [4.69, 9.17) is 28.4 Å². The molecule has 0 fully saturated rings. The molecule has 0 saturated heterocycles. The lowest BCUT2D eigenvalue weighted by atomic mass is 9.97. The highest BCUT2D eigenvalue weighted by Crippen LogP contribution is 2.49. The molecule has 3 aromatic rings. The van der Waals surface area contributed by atoms with Crippen LogP contribution in [0.4, 0.5) is 0 Å². The quantitative estimate of drug-likeness (QED) is 0.390. The average molecular weight is 467 g/mol. The van der Waals surface area contributed by atoms with Gasteiger partial charge in [0.05, 0.1) is 35.5 Å². The first-order valence-corrected chi connectivity index (χ1v) is 10.7. The van der Waals surface area contributed by atoms with Gasteiger partial charge in [-0.3, -0.25) is 0 Å². The molecule has 0 heterocycles. The van der Waals surface area contributed by atoms with E-state index in [2.05, 4.69) is 0 Å². The van der Waals surface area contributed by atoms with E-state index in [9.17, 15) is 4.79 Å². The van der Waals surface area contributed by atoms with Crippen LogP contribution in [0, 0.1) is 6.92 Å². The molecule has 0 atom stereocenters. The molecule has 0 N–H and O–H groups in total. The van der Waals surface area contributed by atoms with E-state index in [1.807, 2.05) is 37.3 Å². The molecule has 0 unspecified atom stereocenters. The summed E-state index contributed by atoms with van der Waals surface area (Å²) in [6, 6.07) is 15.1. The molecule has 7 nitrogen and oxygen atoms in total. The summed E-state index contributed by atoms with van der Waals surface area (Å²) in [5.41, 5.74) is 4.31. The molecule has 0 spiro atoms. The van der Waals surface area contributed by atoms with Gasteiger partial charge in [-0.2, -0.15) is 0 Å². The van der Waals surface area contributed by atoms with Gasteiger partial charge in [-0.15, -0.1) is 0 Å². The maximum Gasteiger partial charge on any atom is 0.341 e. The first-order valence-electron chi connectivity index (χ1n) is 10.7. The predicted octanol–water partition coefficient (Wildman–Crippen LogP) is 4.99. The third-order valence-corrected chi connectivity index (χ3v) is 5.59. The first-order chi connectivity index (χ1) is 16.5. The smallest absolute Gasteiger partial charge is 0.341 e. The van der Waals surface area contributed by atoms with Crippen molar-refractivity contribution in [2.75, 3.05) is 35.5 Å². The number of rotatable bonds is 10. The zero-order valence-corrected chi connectivity index (χ0v) is 20.4. The topological polar surface area (TPSA) is 72.5 Å². The fourth-order valence-corrected chi connectivity index (χ4v) is 3.86. The molecule has 0 aliphatic heterocycles. The number of carbonyl (C=O) groups excluding carboxylic acids is 1. The lowest BCUT2D eigenvalue weighted by Gasteiger charge is -2.21. The molecule has 0 aliphatic carbocycles. The summed E-state index contributed by atoms with van der Waals surface area (Å²) >= 11 is 0. The predicted molar refractivity (Wildman–Crippen MR) is 129 cm³/mol. The van der Waals surface area contributed by atoms with Crippen molar-refractivity contribution >= 4 is 5.97 Å². The number of para-hydroxylation sites is 1. The molecule has 0 aliphatic rings. The molecular formula is C27H30O7. The van der Waals surface area contributed by atoms with Crippen LogP contribution in [-0.4, -0.2) is 41.5 Å². The van der Waals surface area contributed by atoms with E-state index in [1.54, 1.807) is 46.6 Å². The standard InChI is InChI=1S/C27H30O7/c1-17-21(24(30-3)26(32-5)25(31-4)23(17)29-2)15-18-11-13-19(14-12-18)16-34-22-10-8-7-9-20(22)27(28)33-6/h7-14H,15-16H2,1-6H3. The van der Waals surface area contributed by atoms with Gasteiger partial charge in [0.2, 0.25) is 11.5 Å². The van der Waals surface area contributed by atoms with Gasteiger partial charge >= 0.3 is 5.97 Å². The summed E-state index contributed by atoms with van der Waals surface area (Å²) in [6.45, 7) is 2.29. The summed E-state index contributed by atoms with van der Waals surface area (Å²) in [5, 5.41) is 0. The van der Waals surface area contributed by atoms with Crippen molar-refractivity contribution in [3.8, 4) is 28.7 Å². The van der Waals surface area contributed by atoms with Crippen LogP contribution in [-0.2, 0) is 17.8 Å². The van der Waals surface area contributed by atoms with Gasteiger partial charge in [-0.1, -0.05) is 36.4 Å². The normalized spacial score (nSPS) is 10.4. The van der Waals surface area contributed by atoms with Gasteiger partial charge in [-0.05, 0) is 30.2 Å². The van der Waals surface area contributed by atoms with Gasteiger partial charge in [-0.25, -0.2) is 4.79 Å². The van der Waals surface area contributed by atoms with Crippen molar-refractivity contribution in [2.24, 2.45) is 0 Å². The second-order valence-corrected chi connectivity index (χ2v) is 7.51. The second kappa shape index (κ2) is 11.3. The SMILES string of the molecule is COC(=O)c1ccccc1OCc1ccc(Cc2c(C)c(OC)c(OC)c(OC)c2OC)cc1. The minimum Gasteiger partial charge on any atom is -0.492 e. The van der Waals surface area contributed by atoms with Gasteiger partial charge in [0.15, 0.2) is 11.5 Å². The van der Waals surface area contributed by atoms with Gasteiger partial charge in [0.25, 0.3) is 0 Å². The first kappa shape index (κ1) is 24.8. The van der Waals surface area contributed by atoms with Crippen LogP contribution in [0.2, 0.25) is 0 Å². The number of hydrogen-bond donors (Lipinski definition) is 0. The fourth-order valence-electron chi connectivity index (χ4n) is 3.86. The summed E-state index contributed by atoms with van der Waals surface area (Å²) in [5.74, 6) is 2.28. The second-order valence-electron chi connectivity index (χ2n) is 7.51. The number of carbonyl (C=O) groups is 1. The molecule has 0 radical (unpaired) electrons. The Morgan fingerprint density at radius 3 is 1.85 bits per heavy atom. The van der Waals surface area contributed by atoms with Crippen LogP contribution < -0.4 is 23.7 Å². The molecule has 0 bridgehead atoms. The molecule has 0 saturated carbocycles. The van der Waals surface area contributed by atoms with Gasteiger partial charge in [0, 0.05) is 17.5 Å². The number of esters is 1. The number of ether oxygens (including phenoxy) is 6. The van der Waals surface area contributed by atoms with E-state index in [0.717, 1.165) is 22.3 Å². The van der Waals surface area contributed by atoms with Crippen LogP contribution in [0.25, 0.3) is 0 Å². The largest absolute Gasteiger partial charge is 0.492 e. The van der Waals surface area contributed by atoms with Crippen molar-refractivity contribution < 1.29 is 33.2 Å². The Labute approximate surface area is 200 Å². The van der Waals surface area contributed by atoms with Crippen LogP contribution >= 0.6 is 0 Å². The molecule has 0 aromatic heterocycles. The van der Waals surface area contributed by atoms with E-state index in [1.165, 1.54) is 7.11 Å². The molecule has 34 heavy (non-hydrogen) atoms. The van der Waals surface area contributed by atoms with Crippen molar-refractivity contribution in [1.82, 2.24) is 0 Å². The Bertz CT molecular complexity index is 1140. The highest BCUT2D eigenvalue weighted by atomic mass is 16.5. The number of methoxy groups -OCH3 is 5.